The third-order valence-corrected chi connectivity index (χ3v) is 3.17. The minimum atomic E-state index is 0.0696. The Kier molecular flexibility index (Phi) is 13.0. The Bertz CT molecular complexity index is 241. The number of carbonyl (C=O) groups excluding carboxylic acids is 1. The second kappa shape index (κ2) is 13.6. The van der Waals surface area contributed by atoms with E-state index in [1.807, 2.05) is 0 Å². The fourth-order valence-electron chi connectivity index (χ4n) is 2.08. The van der Waals surface area contributed by atoms with Gasteiger partial charge in [0.05, 0.1) is 0 Å². The fourth-order valence-corrected chi connectivity index (χ4v) is 2.08. The third-order valence-electron chi connectivity index (χ3n) is 3.17. The Balaban J connectivity index is 3.68. The lowest BCUT2D eigenvalue weighted by Crippen LogP contribution is -2.19. The fraction of sp³-hybridized carbons (Fsp3) is 0.875. The van der Waals surface area contributed by atoms with Gasteiger partial charge in [-0.25, -0.2) is 5.43 Å². The molecule has 1 amide bonds. The molecule has 0 unspecified atom stereocenters. The molecule has 0 saturated heterocycles. The van der Waals surface area contributed by atoms with Crippen LogP contribution in [0.5, 0.6) is 0 Å². The topological polar surface area (TPSA) is 41.5 Å². The molecule has 0 atom stereocenters. The van der Waals surface area contributed by atoms with E-state index in [1.54, 1.807) is 0 Å². The van der Waals surface area contributed by atoms with Gasteiger partial charge in [-0.15, -0.1) is 0 Å². The summed E-state index contributed by atoms with van der Waals surface area (Å²) < 4.78 is 0. The summed E-state index contributed by atoms with van der Waals surface area (Å²) in [5, 5.41) is 4.25. The van der Waals surface area contributed by atoms with E-state index in [0.717, 1.165) is 44.2 Å². The first-order valence-electron chi connectivity index (χ1n) is 8.08. The van der Waals surface area contributed by atoms with Gasteiger partial charge in [-0.1, -0.05) is 65.7 Å². The highest BCUT2D eigenvalue weighted by molar-refractivity contribution is 5.86. The van der Waals surface area contributed by atoms with E-state index in [-0.39, 0.29) is 5.91 Å². The molecule has 3 heteroatoms. The predicted molar refractivity (Wildman–Crippen MR) is 83.4 cm³/mol. The van der Waals surface area contributed by atoms with Gasteiger partial charge in [0.25, 0.3) is 0 Å². The highest BCUT2D eigenvalue weighted by Crippen LogP contribution is 2.06. The van der Waals surface area contributed by atoms with E-state index in [9.17, 15) is 4.79 Å². The van der Waals surface area contributed by atoms with Gasteiger partial charge in [-0.2, -0.15) is 5.10 Å². The maximum absolute atomic E-state index is 11.6. The molecule has 3 nitrogen and oxygen atoms in total. The molecule has 0 rings (SSSR count). The molecular formula is C16H32N2O. The molecule has 0 saturated carbocycles. The lowest BCUT2D eigenvalue weighted by Gasteiger charge is -2.05. The first-order valence-corrected chi connectivity index (χ1v) is 8.08. The number of unbranched alkanes of at least 4 members (excludes halogenated alkanes) is 5. The molecule has 0 aliphatic heterocycles. The van der Waals surface area contributed by atoms with Crippen LogP contribution in [0.4, 0.5) is 0 Å². The van der Waals surface area contributed by atoms with Crippen LogP contribution in [0.15, 0.2) is 5.10 Å². The molecule has 0 radical (unpaired) electrons. The van der Waals surface area contributed by atoms with Crippen molar-refractivity contribution < 1.29 is 4.79 Å². The van der Waals surface area contributed by atoms with Gasteiger partial charge >= 0.3 is 0 Å². The van der Waals surface area contributed by atoms with E-state index >= 15 is 0 Å². The van der Waals surface area contributed by atoms with Crippen LogP contribution in [0.3, 0.4) is 0 Å². The van der Waals surface area contributed by atoms with Gasteiger partial charge in [-0.3, -0.25) is 4.79 Å². The Morgan fingerprint density at radius 3 is 1.95 bits per heavy atom. The molecule has 0 spiro atoms. The number of rotatable bonds is 12. The summed E-state index contributed by atoms with van der Waals surface area (Å²) >= 11 is 0. The molecule has 0 heterocycles. The third kappa shape index (κ3) is 11.9. The van der Waals surface area contributed by atoms with Gasteiger partial charge in [0.2, 0.25) is 5.91 Å². The number of nitrogens with one attached hydrogen (secondary N) is 1. The summed E-state index contributed by atoms with van der Waals surface area (Å²) in [7, 11) is 0. The van der Waals surface area contributed by atoms with E-state index in [1.165, 1.54) is 25.7 Å². The van der Waals surface area contributed by atoms with Crippen molar-refractivity contribution in [2.75, 3.05) is 0 Å². The Morgan fingerprint density at radius 1 is 0.789 bits per heavy atom. The molecule has 0 aliphatic carbocycles. The first kappa shape index (κ1) is 18.1. The zero-order chi connectivity index (χ0) is 14.3. The average molecular weight is 268 g/mol. The molecule has 0 aromatic heterocycles. The van der Waals surface area contributed by atoms with Crippen LogP contribution in [-0.4, -0.2) is 11.6 Å². The summed E-state index contributed by atoms with van der Waals surface area (Å²) in [6.07, 6.45) is 12.1. The Labute approximate surface area is 119 Å². The van der Waals surface area contributed by atoms with E-state index in [2.05, 4.69) is 31.3 Å². The molecule has 0 aromatic rings. The van der Waals surface area contributed by atoms with Gasteiger partial charge in [0.15, 0.2) is 0 Å². The minimum Gasteiger partial charge on any atom is -0.273 e. The maximum atomic E-state index is 11.6. The van der Waals surface area contributed by atoms with E-state index in [0.29, 0.717) is 6.42 Å². The number of nitrogens with zero attached hydrogens (tertiary/aromatic N) is 1. The average Bonchev–Trinajstić information content (AvgIpc) is 2.40. The first-order chi connectivity index (χ1) is 9.24. The van der Waals surface area contributed by atoms with Crippen LogP contribution in [0.2, 0.25) is 0 Å². The van der Waals surface area contributed by atoms with Crippen LogP contribution >= 0.6 is 0 Å². The summed E-state index contributed by atoms with van der Waals surface area (Å²) in [4.78, 5) is 11.6. The van der Waals surface area contributed by atoms with E-state index < -0.39 is 0 Å². The van der Waals surface area contributed by atoms with Crippen molar-refractivity contribution in [2.45, 2.75) is 91.4 Å². The number of hydrazone groups is 1. The van der Waals surface area contributed by atoms with Crippen molar-refractivity contribution in [2.24, 2.45) is 5.10 Å². The second-order valence-corrected chi connectivity index (χ2v) is 5.23. The summed E-state index contributed by atoms with van der Waals surface area (Å²) in [6, 6.07) is 0. The summed E-state index contributed by atoms with van der Waals surface area (Å²) in [5.41, 5.74) is 3.83. The summed E-state index contributed by atoms with van der Waals surface area (Å²) in [6.45, 7) is 6.50. The predicted octanol–water partition coefficient (Wildman–Crippen LogP) is 4.81. The molecule has 1 N–H and O–H groups in total. The van der Waals surface area contributed by atoms with Crippen molar-refractivity contribution in [3.8, 4) is 0 Å². The number of hydrogen-bond donors (Lipinski definition) is 1. The highest BCUT2D eigenvalue weighted by atomic mass is 16.2. The molecule has 112 valence electrons. The lowest BCUT2D eigenvalue weighted by molar-refractivity contribution is -0.121. The van der Waals surface area contributed by atoms with Gasteiger partial charge < -0.3 is 0 Å². The number of carbonyl (C=O) groups is 1. The van der Waals surface area contributed by atoms with Crippen LogP contribution in [0.25, 0.3) is 0 Å². The zero-order valence-electron chi connectivity index (χ0n) is 13.1. The SMILES string of the molecule is CCCCCCCCC(=O)NN=C(CCC)CCC. The number of amides is 1. The molecule has 0 fully saturated rings. The lowest BCUT2D eigenvalue weighted by atomic mass is 10.1. The van der Waals surface area contributed by atoms with Crippen molar-refractivity contribution in [3.05, 3.63) is 0 Å². The maximum Gasteiger partial charge on any atom is 0.240 e. The molecule has 0 aliphatic rings. The van der Waals surface area contributed by atoms with Crippen molar-refractivity contribution in [3.63, 3.8) is 0 Å². The van der Waals surface area contributed by atoms with Crippen molar-refractivity contribution >= 4 is 11.6 Å². The highest BCUT2D eigenvalue weighted by Gasteiger charge is 2.01. The van der Waals surface area contributed by atoms with E-state index in [4.69, 9.17) is 0 Å². The van der Waals surface area contributed by atoms with Crippen LogP contribution < -0.4 is 5.43 Å². The zero-order valence-corrected chi connectivity index (χ0v) is 13.1. The molecule has 0 aromatic carbocycles. The monoisotopic (exact) mass is 268 g/mol. The van der Waals surface area contributed by atoms with Crippen molar-refractivity contribution in [1.29, 1.82) is 0 Å². The Morgan fingerprint density at radius 2 is 1.37 bits per heavy atom. The smallest absolute Gasteiger partial charge is 0.240 e. The molecule has 19 heavy (non-hydrogen) atoms. The molecule has 0 bridgehead atoms. The standard InChI is InChI=1S/C16H32N2O/c1-4-7-8-9-10-11-14-16(19)18-17-15(12-5-2)13-6-3/h4-14H2,1-3H3,(H,18,19). The van der Waals surface area contributed by atoms with Crippen LogP contribution in [-0.2, 0) is 4.79 Å². The van der Waals surface area contributed by atoms with Gasteiger partial charge in [-0.05, 0) is 19.3 Å². The molecular weight excluding hydrogens is 236 g/mol. The van der Waals surface area contributed by atoms with Gasteiger partial charge in [0, 0.05) is 12.1 Å². The van der Waals surface area contributed by atoms with Crippen molar-refractivity contribution in [1.82, 2.24) is 5.43 Å². The second-order valence-electron chi connectivity index (χ2n) is 5.23. The minimum absolute atomic E-state index is 0.0696. The normalized spacial score (nSPS) is 10.3. The number of hydrogen-bond acceptors (Lipinski definition) is 2. The van der Waals surface area contributed by atoms with Crippen LogP contribution in [0.1, 0.15) is 91.4 Å². The van der Waals surface area contributed by atoms with Crippen LogP contribution in [0, 0.1) is 0 Å². The largest absolute Gasteiger partial charge is 0.273 e. The Hall–Kier alpha value is -0.860. The van der Waals surface area contributed by atoms with Gasteiger partial charge in [0.1, 0.15) is 0 Å². The summed E-state index contributed by atoms with van der Waals surface area (Å²) in [5.74, 6) is 0.0696. The quantitative estimate of drug-likeness (QED) is 0.308.